The lowest BCUT2D eigenvalue weighted by molar-refractivity contribution is -0.147. The molecule has 1 unspecified atom stereocenters. The number of rotatable bonds is 4. The summed E-state index contributed by atoms with van der Waals surface area (Å²) in [6.07, 6.45) is -0.651. The number of carbonyl (C=O) groups is 1. The van der Waals surface area contributed by atoms with Crippen molar-refractivity contribution in [2.24, 2.45) is 0 Å². The van der Waals surface area contributed by atoms with E-state index in [4.69, 9.17) is 9.47 Å². The first kappa shape index (κ1) is 12.4. The van der Waals surface area contributed by atoms with Gasteiger partial charge in [0.25, 0.3) is 0 Å². The fraction of sp³-hybridized carbons (Fsp3) is 0.417. The highest BCUT2D eigenvalue weighted by Crippen LogP contribution is 2.28. The van der Waals surface area contributed by atoms with Crippen LogP contribution in [-0.2, 0) is 9.53 Å². The molecule has 0 aliphatic heterocycles. The molecule has 0 heterocycles. The van der Waals surface area contributed by atoms with Crippen LogP contribution in [0.15, 0.2) is 18.2 Å². The van der Waals surface area contributed by atoms with E-state index < -0.39 is 12.1 Å². The molecule has 0 saturated heterocycles. The summed E-state index contributed by atoms with van der Waals surface area (Å²) in [5.41, 5.74) is 1.06. The lowest BCUT2D eigenvalue weighted by atomic mass is 10.2. The zero-order valence-electron chi connectivity index (χ0n) is 9.94. The van der Waals surface area contributed by atoms with E-state index in [1.165, 1.54) is 7.11 Å². The first-order valence-electron chi connectivity index (χ1n) is 4.97. The second-order valence-electron chi connectivity index (χ2n) is 3.44. The normalized spacial score (nSPS) is 11.8. The first-order chi connectivity index (χ1) is 7.58. The van der Waals surface area contributed by atoms with E-state index in [-0.39, 0.29) is 0 Å². The van der Waals surface area contributed by atoms with Gasteiger partial charge in [0.1, 0.15) is 0 Å². The van der Waals surface area contributed by atoms with Gasteiger partial charge in [-0.15, -0.1) is 0 Å². The Morgan fingerprint density at radius 2 is 1.94 bits per heavy atom. The second kappa shape index (κ2) is 5.39. The van der Waals surface area contributed by atoms with Gasteiger partial charge in [-0.1, -0.05) is 6.07 Å². The molecule has 0 radical (unpaired) electrons. The van der Waals surface area contributed by atoms with Crippen molar-refractivity contribution in [2.45, 2.75) is 20.0 Å². The predicted molar refractivity (Wildman–Crippen MR) is 59.8 cm³/mol. The molecule has 0 bridgehead atoms. The lowest BCUT2D eigenvalue weighted by Gasteiger charge is -2.15. The summed E-state index contributed by atoms with van der Waals surface area (Å²) in [5.74, 6) is 0.726. The van der Waals surface area contributed by atoms with Crippen molar-refractivity contribution in [3.8, 4) is 11.5 Å². The SMILES string of the molecule is COC(=O)C(C)Oc1ccc(C)cc1OC. The Morgan fingerprint density at radius 3 is 2.50 bits per heavy atom. The molecular formula is C12H16O4. The van der Waals surface area contributed by atoms with Gasteiger partial charge < -0.3 is 14.2 Å². The van der Waals surface area contributed by atoms with Crippen LogP contribution in [0.1, 0.15) is 12.5 Å². The average molecular weight is 224 g/mol. The van der Waals surface area contributed by atoms with Crippen molar-refractivity contribution in [3.05, 3.63) is 23.8 Å². The van der Waals surface area contributed by atoms with Crippen LogP contribution < -0.4 is 9.47 Å². The summed E-state index contributed by atoms with van der Waals surface area (Å²) in [4.78, 5) is 11.2. The summed E-state index contributed by atoms with van der Waals surface area (Å²) in [6.45, 7) is 3.58. The molecule has 4 heteroatoms. The van der Waals surface area contributed by atoms with Crippen LogP contribution in [0.4, 0.5) is 0 Å². The van der Waals surface area contributed by atoms with Crippen LogP contribution in [0.3, 0.4) is 0 Å². The van der Waals surface area contributed by atoms with Crippen LogP contribution >= 0.6 is 0 Å². The van der Waals surface area contributed by atoms with Crippen molar-refractivity contribution in [2.75, 3.05) is 14.2 Å². The van der Waals surface area contributed by atoms with Gasteiger partial charge in [0, 0.05) is 0 Å². The molecule has 0 N–H and O–H groups in total. The Labute approximate surface area is 95.1 Å². The van der Waals surface area contributed by atoms with Gasteiger partial charge in [0.15, 0.2) is 17.6 Å². The maximum atomic E-state index is 11.2. The van der Waals surface area contributed by atoms with Crippen molar-refractivity contribution in [1.29, 1.82) is 0 Å². The van der Waals surface area contributed by atoms with Crippen molar-refractivity contribution < 1.29 is 19.0 Å². The highest BCUT2D eigenvalue weighted by Gasteiger charge is 2.16. The third-order valence-corrected chi connectivity index (χ3v) is 2.16. The first-order valence-corrected chi connectivity index (χ1v) is 4.97. The van der Waals surface area contributed by atoms with E-state index in [1.54, 1.807) is 20.1 Å². The maximum Gasteiger partial charge on any atom is 0.346 e. The topological polar surface area (TPSA) is 44.8 Å². The largest absolute Gasteiger partial charge is 0.493 e. The minimum atomic E-state index is -0.651. The molecule has 4 nitrogen and oxygen atoms in total. The summed E-state index contributed by atoms with van der Waals surface area (Å²) in [5, 5.41) is 0. The van der Waals surface area contributed by atoms with E-state index in [0.29, 0.717) is 11.5 Å². The summed E-state index contributed by atoms with van der Waals surface area (Å²) < 4.78 is 15.2. The van der Waals surface area contributed by atoms with Gasteiger partial charge in [0.2, 0.25) is 0 Å². The lowest BCUT2D eigenvalue weighted by Crippen LogP contribution is -2.25. The van der Waals surface area contributed by atoms with Crippen molar-refractivity contribution >= 4 is 5.97 Å². The molecular weight excluding hydrogens is 208 g/mol. The van der Waals surface area contributed by atoms with Crippen LogP contribution in [0.2, 0.25) is 0 Å². The molecule has 0 aromatic heterocycles. The standard InChI is InChI=1S/C12H16O4/c1-8-5-6-10(11(7-8)14-3)16-9(2)12(13)15-4/h5-7,9H,1-4H3. The molecule has 16 heavy (non-hydrogen) atoms. The molecule has 1 aromatic carbocycles. The van der Waals surface area contributed by atoms with Gasteiger partial charge in [-0.2, -0.15) is 0 Å². The Hall–Kier alpha value is -1.71. The van der Waals surface area contributed by atoms with E-state index in [1.807, 2.05) is 19.1 Å². The number of aryl methyl sites for hydroxylation is 1. The molecule has 0 fully saturated rings. The number of benzene rings is 1. The number of hydrogen-bond donors (Lipinski definition) is 0. The Bertz CT molecular complexity index is 373. The van der Waals surface area contributed by atoms with Crippen LogP contribution in [0, 0.1) is 6.92 Å². The number of ether oxygens (including phenoxy) is 3. The average Bonchev–Trinajstić information content (AvgIpc) is 2.30. The van der Waals surface area contributed by atoms with Gasteiger partial charge in [-0.05, 0) is 31.5 Å². The van der Waals surface area contributed by atoms with Crippen molar-refractivity contribution in [3.63, 3.8) is 0 Å². The molecule has 0 saturated carbocycles. The van der Waals surface area contributed by atoms with Crippen LogP contribution in [0.25, 0.3) is 0 Å². The molecule has 1 atom stereocenters. The number of esters is 1. The molecule has 0 spiro atoms. The summed E-state index contributed by atoms with van der Waals surface area (Å²) >= 11 is 0. The Kier molecular flexibility index (Phi) is 4.17. The fourth-order valence-electron chi connectivity index (χ4n) is 1.28. The summed E-state index contributed by atoms with van der Waals surface area (Å²) in [6, 6.07) is 5.51. The van der Waals surface area contributed by atoms with Crippen molar-refractivity contribution in [1.82, 2.24) is 0 Å². The van der Waals surface area contributed by atoms with Crippen LogP contribution in [-0.4, -0.2) is 26.3 Å². The molecule has 0 aliphatic carbocycles. The summed E-state index contributed by atoms with van der Waals surface area (Å²) in [7, 11) is 2.89. The third kappa shape index (κ3) is 2.89. The number of carbonyl (C=O) groups excluding carboxylic acids is 1. The Balaban J connectivity index is 2.84. The fourth-order valence-corrected chi connectivity index (χ4v) is 1.28. The van der Waals surface area contributed by atoms with Gasteiger partial charge in [0.05, 0.1) is 14.2 Å². The smallest absolute Gasteiger partial charge is 0.346 e. The third-order valence-electron chi connectivity index (χ3n) is 2.16. The Morgan fingerprint density at radius 1 is 1.25 bits per heavy atom. The molecule has 0 amide bonds. The quantitative estimate of drug-likeness (QED) is 0.733. The van der Waals surface area contributed by atoms with E-state index >= 15 is 0 Å². The molecule has 88 valence electrons. The highest BCUT2D eigenvalue weighted by molar-refractivity contribution is 5.74. The maximum absolute atomic E-state index is 11.2. The van der Waals surface area contributed by atoms with E-state index in [2.05, 4.69) is 4.74 Å². The van der Waals surface area contributed by atoms with Gasteiger partial charge >= 0.3 is 5.97 Å². The second-order valence-corrected chi connectivity index (χ2v) is 3.44. The van der Waals surface area contributed by atoms with E-state index in [9.17, 15) is 4.79 Å². The minimum Gasteiger partial charge on any atom is -0.493 e. The van der Waals surface area contributed by atoms with Crippen LogP contribution in [0.5, 0.6) is 11.5 Å². The van der Waals surface area contributed by atoms with E-state index in [0.717, 1.165) is 5.56 Å². The minimum absolute atomic E-state index is 0.414. The predicted octanol–water partition coefficient (Wildman–Crippen LogP) is 1.94. The zero-order valence-corrected chi connectivity index (χ0v) is 9.94. The number of methoxy groups -OCH3 is 2. The van der Waals surface area contributed by atoms with Gasteiger partial charge in [-0.25, -0.2) is 4.79 Å². The molecule has 1 rings (SSSR count). The van der Waals surface area contributed by atoms with Gasteiger partial charge in [-0.3, -0.25) is 0 Å². The number of hydrogen-bond acceptors (Lipinski definition) is 4. The molecule has 1 aromatic rings. The highest BCUT2D eigenvalue weighted by atomic mass is 16.6. The zero-order chi connectivity index (χ0) is 12.1. The molecule has 0 aliphatic rings. The monoisotopic (exact) mass is 224 g/mol.